The summed E-state index contributed by atoms with van der Waals surface area (Å²) in [6.45, 7) is 3.17. The van der Waals surface area contributed by atoms with Crippen LogP contribution in [0.25, 0.3) is 27.7 Å². The van der Waals surface area contributed by atoms with E-state index >= 15 is 0 Å². The van der Waals surface area contributed by atoms with Crippen molar-refractivity contribution in [2.75, 3.05) is 13.2 Å². The van der Waals surface area contributed by atoms with E-state index in [4.69, 9.17) is 4.74 Å². The van der Waals surface area contributed by atoms with Crippen LogP contribution in [0.1, 0.15) is 12.1 Å². The van der Waals surface area contributed by atoms with Crippen molar-refractivity contribution in [2.24, 2.45) is 5.92 Å². The van der Waals surface area contributed by atoms with Crippen molar-refractivity contribution in [3.63, 3.8) is 0 Å². The minimum atomic E-state index is 0.0952. The molecule has 6 nitrogen and oxygen atoms in total. The van der Waals surface area contributed by atoms with E-state index in [-0.39, 0.29) is 11.8 Å². The fourth-order valence-electron chi connectivity index (χ4n) is 3.71. The van der Waals surface area contributed by atoms with Crippen LogP contribution >= 0.6 is 0 Å². The van der Waals surface area contributed by atoms with Gasteiger partial charge in [-0.3, -0.25) is 9.78 Å². The van der Waals surface area contributed by atoms with Gasteiger partial charge >= 0.3 is 0 Å². The minimum Gasteiger partial charge on any atom is -0.492 e. The van der Waals surface area contributed by atoms with Crippen molar-refractivity contribution in [1.82, 2.24) is 19.7 Å². The van der Waals surface area contributed by atoms with Crippen molar-refractivity contribution in [3.8, 4) is 16.9 Å². The van der Waals surface area contributed by atoms with Gasteiger partial charge in [0, 0.05) is 42.9 Å². The smallest absolute Gasteiger partial charge is 0.220 e. The number of carbonyl (C=O) groups is 1. The van der Waals surface area contributed by atoms with E-state index in [0.29, 0.717) is 19.6 Å². The van der Waals surface area contributed by atoms with Gasteiger partial charge in [-0.15, -0.1) is 0 Å². The van der Waals surface area contributed by atoms with Crippen LogP contribution < -0.4 is 10.1 Å². The van der Waals surface area contributed by atoms with Gasteiger partial charge in [0.25, 0.3) is 0 Å². The van der Waals surface area contributed by atoms with Crippen LogP contribution in [0.5, 0.6) is 5.75 Å². The monoisotopic (exact) mass is 372 g/mol. The molecule has 1 aromatic carbocycles. The zero-order valence-electron chi connectivity index (χ0n) is 15.6. The summed E-state index contributed by atoms with van der Waals surface area (Å²) in [5.74, 6) is 1.09. The van der Waals surface area contributed by atoms with Crippen LogP contribution in [-0.4, -0.2) is 33.4 Å². The van der Waals surface area contributed by atoms with Crippen LogP contribution in [0.3, 0.4) is 0 Å². The van der Waals surface area contributed by atoms with Crippen molar-refractivity contribution < 1.29 is 9.53 Å². The lowest BCUT2D eigenvalue weighted by Gasteiger charge is -2.14. The summed E-state index contributed by atoms with van der Waals surface area (Å²) in [4.78, 5) is 20.4. The van der Waals surface area contributed by atoms with E-state index in [1.807, 2.05) is 35.7 Å². The molecule has 140 valence electrons. The van der Waals surface area contributed by atoms with Gasteiger partial charge in [0.15, 0.2) is 0 Å². The number of hydrogen-bond donors (Lipinski definition) is 1. The fraction of sp³-hybridized carbons (Fsp3) is 0.227. The SMILES string of the molecule is Cc1cn2cc(-c3cc(OC[C@H]4CNC(=O)C4)c4cccnc4c3)ccc2n1. The Balaban J connectivity index is 1.54. The lowest BCUT2D eigenvalue weighted by Crippen LogP contribution is -2.16. The third-order valence-electron chi connectivity index (χ3n) is 5.12. The third-order valence-corrected chi connectivity index (χ3v) is 5.12. The zero-order chi connectivity index (χ0) is 19.1. The molecule has 0 radical (unpaired) electrons. The van der Waals surface area contributed by atoms with Gasteiger partial charge in [-0.2, -0.15) is 0 Å². The molecule has 3 aromatic heterocycles. The number of ether oxygens (including phenoxy) is 1. The summed E-state index contributed by atoms with van der Waals surface area (Å²) in [6.07, 6.45) is 6.40. The molecule has 4 aromatic rings. The van der Waals surface area contributed by atoms with Gasteiger partial charge in [0.2, 0.25) is 5.91 Å². The van der Waals surface area contributed by atoms with Gasteiger partial charge in [-0.05, 0) is 54.4 Å². The number of rotatable bonds is 4. The highest BCUT2D eigenvalue weighted by atomic mass is 16.5. The van der Waals surface area contributed by atoms with E-state index in [2.05, 4.69) is 39.7 Å². The second-order valence-corrected chi connectivity index (χ2v) is 7.30. The Kier molecular flexibility index (Phi) is 3.97. The number of pyridine rings is 2. The van der Waals surface area contributed by atoms with Gasteiger partial charge in [-0.1, -0.05) is 0 Å². The Bertz CT molecular complexity index is 1200. The van der Waals surface area contributed by atoms with Crippen molar-refractivity contribution in [1.29, 1.82) is 0 Å². The molecule has 1 aliphatic heterocycles. The number of fused-ring (bicyclic) bond motifs is 2. The van der Waals surface area contributed by atoms with Crippen molar-refractivity contribution in [2.45, 2.75) is 13.3 Å². The molecule has 0 aliphatic carbocycles. The maximum atomic E-state index is 11.4. The average molecular weight is 372 g/mol. The van der Waals surface area contributed by atoms with E-state index in [0.717, 1.165) is 39.1 Å². The summed E-state index contributed by atoms with van der Waals surface area (Å²) < 4.78 is 8.19. The molecule has 0 unspecified atom stereocenters. The highest BCUT2D eigenvalue weighted by molar-refractivity contribution is 5.90. The number of imidazole rings is 1. The molecule has 1 fully saturated rings. The summed E-state index contributed by atoms with van der Waals surface area (Å²) in [6, 6.07) is 12.1. The van der Waals surface area contributed by atoms with Crippen LogP contribution in [-0.2, 0) is 4.79 Å². The van der Waals surface area contributed by atoms with E-state index < -0.39 is 0 Å². The number of aromatic nitrogens is 3. The highest BCUT2D eigenvalue weighted by Gasteiger charge is 2.22. The predicted molar refractivity (Wildman–Crippen MR) is 107 cm³/mol. The first-order valence-corrected chi connectivity index (χ1v) is 9.40. The number of hydrogen-bond acceptors (Lipinski definition) is 4. The molecular weight excluding hydrogens is 352 g/mol. The molecule has 0 saturated carbocycles. The molecule has 1 atom stereocenters. The van der Waals surface area contributed by atoms with Gasteiger partial charge in [0.1, 0.15) is 11.4 Å². The quantitative estimate of drug-likeness (QED) is 0.596. The second kappa shape index (κ2) is 6.64. The lowest BCUT2D eigenvalue weighted by molar-refractivity contribution is -0.119. The van der Waals surface area contributed by atoms with Gasteiger partial charge in [-0.25, -0.2) is 4.98 Å². The number of benzene rings is 1. The first kappa shape index (κ1) is 16.7. The Labute approximate surface area is 162 Å². The summed E-state index contributed by atoms with van der Waals surface area (Å²) in [5, 5.41) is 3.83. The molecule has 1 N–H and O–H groups in total. The van der Waals surface area contributed by atoms with Gasteiger partial charge < -0.3 is 14.5 Å². The first-order chi connectivity index (χ1) is 13.7. The third kappa shape index (κ3) is 3.07. The predicted octanol–water partition coefficient (Wildman–Crippen LogP) is 3.37. The van der Waals surface area contributed by atoms with Crippen LogP contribution in [0.2, 0.25) is 0 Å². The Morgan fingerprint density at radius 2 is 2.14 bits per heavy atom. The molecule has 28 heavy (non-hydrogen) atoms. The largest absolute Gasteiger partial charge is 0.492 e. The molecule has 1 amide bonds. The number of nitrogens with zero attached hydrogens (tertiary/aromatic N) is 3. The van der Waals surface area contributed by atoms with Gasteiger partial charge in [0.05, 0.1) is 17.8 Å². The Hall–Kier alpha value is -3.41. The molecule has 1 aliphatic rings. The van der Waals surface area contributed by atoms with Crippen molar-refractivity contribution >= 4 is 22.5 Å². The molecule has 0 bridgehead atoms. The van der Waals surface area contributed by atoms with E-state index in [1.165, 1.54) is 0 Å². The molecule has 6 heteroatoms. The van der Waals surface area contributed by atoms with E-state index in [9.17, 15) is 4.79 Å². The summed E-state index contributed by atoms with van der Waals surface area (Å²) >= 11 is 0. The number of aryl methyl sites for hydroxylation is 1. The maximum Gasteiger partial charge on any atom is 0.220 e. The summed E-state index contributed by atoms with van der Waals surface area (Å²) in [5.41, 5.74) is 4.91. The molecule has 0 spiro atoms. The maximum absolute atomic E-state index is 11.4. The number of nitrogens with one attached hydrogen (secondary N) is 1. The number of carbonyl (C=O) groups excluding carboxylic acids is 1. The minimum absolute atomic E-state index is 0.0952. The average Bonchev–Trinajstić information content (AvgIpc) is 3.29. The van der Waals surface area contributed by atoms with E-state index in [1.54, 1.807) is 6.20 Å². The molecule has 5 rings (SSSR count). The van der Waals surface area contributed by atoms with Crippen LogP contribution in [0.15, 0.2) is 55.0 Å². The topological polar surface area (TPSA) is 68.5 Å². The highest BCUT2D eigenvalue weighted by Crippen LogP contribution is 2.32. The molecule has 4 heterocycles. The Morgan fingerprint density at radius 1 is 1.21 bits per heavy atom. The zero-order valence-corrected chi connectivity index (χ0v) is 15.6. The first-order valence-electron chi connectivity index (χ1n) is 9.40. The molecule has 1 saturated heterocycles. The Morgan fingerprint density at radius 3 is 3.00 bits per heavy atom. The standard InChI is InChI=1S/C22H20N4O2/c1-14-11-26-12-16(4-5-21(26)25-14)17-8-19-18(3-2-6-23-19)20(9-17)28-13-15-7-22(27)24-10-15/h2-6,8-9,11-12,15H,7,10,13H2,1H3,(H,24,27)/t15-/m1/s1. The van der Waals surface area contributed by atoms with Crippen LogP contribution in [0, 0.1) is 12.8 Å². The normalized spacial score (nSPS) is 16.6. The molecular formula is C22H20N4O2. The second-order valence-electron chi connectivity index (χ2n) is 7.30. The lowest BCUT2D eigenvalue weighted by atomic mass is 10.0. The summed E-state index contributed by atoms with van der Waals surface area (Å²) in [7, 11) is 0. The van der Waals surface area contributed by atoms with Crippen LogP contribution in [0.4, 0.5) is 0 Å². The van der Waals surface area contributed by atoms with Crippen molar-refractivity contribution in [3.05, 3.63) is 60.7 Å². The number of amides is 1. The fourth-order valence-corrected chi connectivity index (χ4v) is 3.71.